The minimum atomic E-state index is 0.160. The van der Waals surface area contributed by atoms with Crippen LogP contribution in [0.5, 0.6) is 0 Å². The molecule has 1 aliphatic heterocycles. The molecule has 0 aliphatic carbocycles. The van der Waals surface area contributed by atoms with Crippen LogP contribution in [0.15, 0.2) is 28.7 Å². The fourth-order valence-electron chi connectivity index (χ4n) is 3.06. The first-order chi connectivity index (χ1) is 9.69. The van der Waals surface area contributed by atoms with Gasteiger partial charge in [-0.15, -0.1) is 0 Å². The van der Waals surface area contributed by atoms with Crippen molar-refractivity contribution in [2.45, 2.75) is 45.1 Å². The molecule has 1 saturated heterocycles. The summed E-state index contributed by atoms with van der Waals surface area (Å²) >= 11 is 3.47. The molecule has 2 N–H and O–H groups in total. The lowest BCUT2D eigenvalue weighted by molar-refractivity contribution is 0.269. The van der Waals surface area contributed by atoms with Gasteiger partial charge in [-0.1, -0.05) is 41.4 Å². The highest BCUT2D eigenvalue weighted by atomic mass is 79.9. The van der Waals surface area contributed by atoms with E-state index in [0.29, 0.717) is 0 Å². The lowest BCUT2D eigenvalue weighted by atomic mass is 9.98. The number of rotatable bonds is 5. The van der Waals surface area contributed by atoms with Gasteiger partial charge in [0.1, 0.15) is 0 Å². The molecule has 1 aromatic rings. The van der Waals surface area contributed by atoms with Crippen LogP contribution >= 0.6 is 15.9 Å². The van der Waals surface area contributed by atoms with Gasteiger partial charge in [-0.05, 0) is 68.9 Å². The van der Waals surface area contributed by atoms with Crippen molar-refractivity contribution in [1.82, 2.24) is 4.90 Å². The molecule has 2 nitrogen and oxygen atoms in total. The van der Waals surface area contributed by atoms with Crippen LogP contribution in [0.25, 0.3) is 0 Å². The highest BCUT2D eigenvalue weighted by molar-refractivity contribution is 9.10. The van der Waals surface area contributed by atoms with Gasteiger partial charge in [0.25, 0.3) is 0 Å². The van der Waals surface area contributed by atoms with Crippen LogP contribution in [-0.4, -0.2) is 24.5 Å². The molecule has 1 fully saturated rings. The molecule has 1 heterocycles. The fourth-order valence-corrected chi connectivity index (χ4v) is 3.32. The van der Waals surface area contributed by atoms with Gasteiger partial charge in [0.05, 0.1) is 0 Å². The first-order valence-corrected chi connectivity index (χ1v) is 8.71. The van der Waals surface area contributed by atoms with Crippen molar-refractivity contribution in [3.8, 4) is 0 Å². The Morgan fingerprint density at radius 3 is 2.70 bits per heavy atom. The molecule has 112 valence electrons. The van der Waals surface area contributed by atoms with Crippen LogP contribution in [0.3, 0.4) is 0 Å². The van der Waals surface area contributed by atoms with E-state index in [1.807, 2.05) is 0 Å². The van der Waals surface area contributed by atoms with Crippen molar-refractivity contribution >= 4 is 15.9 Å². The van der Waals surface area contributed by atoms with Crippen LogP contribution in [-0.2, 0) is 0 Å². The summed E-state index contributed by atoms with van der Waals surface area (Å²) in [5, 5.41) is 0. The monoisotopic (exact) mass is 338 g/mol. The summed E-state index contributed by atoms with van der Waals surface area (Å²) < 4.78 is 1.12. The molecule has 1 aromatic carbocycles. The van der Waals surface area contributed by atoms with Gasteiger partial charge in [0, 0.05) is 10.5 Å². The van der Waals surface area contributed by atoms with Crippen molar-refractivity contribution in [3.05, 3.63) is 34.3 Å². The standard InChI is InChI=1S/C17H27BrN2/c1-2-14-4-3-11-20(12-9-14)13-10-17(19)15-5-7-16(18)8-6-15/h5-8,14,17H,2-4,9-13,19H2,1H3. The molecular formula is C17H27BrN2. The predicted octanol–water partition coefficient (Wildman–Crippen LogP) is 4.35. The van der Waals surface area contributed by atoms with Crippen LogP contribution in [0.1, 0.15) is 50.6 Å². The zero-order valence-corrected chi connectivity index (χ0v) is 14.1. The Morgan fingerprint density at radius 1 is 1.25 bits per heavy atom. The molecule has 0 radical (unpaired) electrons. The van der Waals surface area contributed by atoms with Crippen LogP contribution in [0.4, 0.5) is 0 Å². The predicted molar refractivity (Wildman–Crippen MR) is 89.8 cm³/mol. The van der Waals surface area contributed by atoms with Gasteiger partial charge in [-0.2, -0.15) is 0 Å². The second-order valence-electron chi connectivity index (χ2n) is 5.99. The minimum absolute atomic E-state index is 0.160. The molecule has 0 aromatic heterocycles. The number of nitrogens with zero attached hydrogens (tertiary/aromatic N) is 1. The average Bonchev–Trinajstić information content (AvgIpc) is 2.70. The molecule has 2 atom stereocenters. The Kier molecular flexibility index (Phi) is 6.53. The van der Waals surface area contributed by atoms with Gasteiger partial charge in [-0.25, -0.2) is 0 Å². The van der Waals surface area contributed by atoms with E-state index in [-0.39, 0.29) is 6.04 Å². The molecular weight excluding hydrogens is 312 g/mol. The van der Waals surface area contributed by atoms with E-state index in [0.717, 1.165) is 23.4 Å². The van der Waals surface area contributed by atoms with E-state index in [1.165, 1.54) is 44.3 Å². The van der Waals surface area contributed by atoms with E-state index in [1.54, 1.807) is 0 Å². The number of nitrogens with two attached hydrogens (primary N) is 1. The fraction of sp³-hybridized carbons (Fsp3) is 0.647. The Morgan fingerprint density at radius 2 is 2.00 bits per heavy atom. The van der Waals surface area contributed by atoms with Crippen molar-refractivity contribution in [2.75, 3.05) is 19.6 Å². The summed E-state index contributed by atoms with van der Waals surface area (Å²) in [5.74, 6) is 0.945. The summed E-state index contributed by atoms with van der Waals surface area (Å²) in [5.41, 5.74) is 7.56. The molecule has 20 heavy (non-hydrogen) atoms. The van der Waals surface area contributed by atoms with Gasteiger partial charge in [0.15, 0.2) is 0 Å². The Bertz CT molecular complexity index is 390. The van der Waals surface area contributed by atoms with E-state index in [9.17, 15) is 0 Å². The zero-order chi connectivity index (χ0) is 14.4. The Labute approximate surface area is 131 Å². The molecule has 3 heteroatoms. The van der Waals surface area contributed by atoms with E-state index >= 15 is 0 Å². The second-order valence-corrected chi connectivity index (χ2v) is 6.91. The molecule has 0 saturated carbocycles. The number of benzene rings is 1. The third-order valence-electron chi connectivity index (χ3n) is 4.57. The maximum absolute atomic E-state index is 6.31. The molecule has 2 unspecified atom stereocenters. The third kappa shape index (κ3) is 4.87. The second kappa shape index (κ2) is 8.16. The molecule has 2 rings (SSSR count). The Hall–Kier alpha value is -0.380. The molecule has 0 spiro atoms. The highest BCUT2D eigenvalue weighted by Gasteiger charge is 2.16. The number of hydrogen-bond acceptors (Lipinski definition) is 2. The first-order valence-electron chi connectivity index (χ1n) is 7.92. The lowest BCUT2D eigenvalue weighted by Crippen LogP contribution is -2.28. The lowest BCUT2D eigenvalue weighted by Gasteiger charge is -2.22. The van der Waals surface area contributed by atoms with E-state index < -0.39 is 0 Å². The number of hydrogen-bond donors (Lipinski definition) is 1. The first kappa shape index (κ1) is 16.0. The highest BCUT2D eigenvalue weighted by Crippen LogP contribution is 2.22. The van der Waals surface area contributed by atoms with Gasteiger partial charge in [-0.3, -0.25) is 0 Å². The summed E-state index contributed by atoms with van der Waals surface area (Å²) in [6.45, 7) is 5.96. The summed E-state index contributed by atoms with van der Waals surface area (Å²) in [6.07, 6.45) is 6.52. The van der Waals surface area contributed by atoms with E-state index in [4.69, 9.17) is 5.73 Å². The topological polar surface area (TPSA) is 29.3 Å². The van der Waals surface area contributed by atoms with Crippen molar-refractivity contribution in [2.24, 2.45) is 11.7 Å². The number of halogens is 1. The smallest absolute Gasteiger partial charge is 0.0307 e. The van der Waals surface area contributed by atoms with Crippen molar-refractivity contribution in [1.29, 1.82) is 0 Å². The molecule has 1 aliphatic rings. The Balaban J connectivity index is 1.78. The minimum Gasteiger partial charge on any atom is -0.324 e. The van der Waals surface area contributed by atoms with Crippen LogP contribution in [0, 0.1) is 5.92 Å². The van der Waals surface area contributed by atoms with E-state index in [2.05, 4.69) is 52.0 Å². The average molecular weight is 339 g/mol. The SMILES string of the molecule is CCC1CCCN(CCC(N)c2ccc(Br)cc2)CC1. The maximum atomic E-state index is 6.31. The third-order valence-corrected chi connectivity index (χ3v) is 5.10. The van der Waals surface area contributed by atoms with Gasteiger partial charge < -0.3 is 10.6 Å². The molecule has 0 bridgehead atoms. The van der Waals surface area contributed by atoms with Crippen LogP contribution in [0.2, 0.25) is 0 Å². The quantitative estimate of drug-likeness (QED) is 0.864. The summed E-state index contributed by atoms with van der Waals surface area (Å²) in [4.78, 5) is 2.61. The largest absolute Gasteiger partial charge is 0.324 e. The summed E-state index contributed by atoms with van der Waals surface area (Å²) in [7, 11) is 0. The van der Waals surface area contributed by atoms with Crippen LogP contribution < -0.4 is 5.73 Å². The maximum Gasteiger partial charge on any atom is 0.0307 e. The normalized spacial score (nSPS) is 22.4. The van der Waals surface area contributed by atoms with Crippen molar-refractivity contribution in [3.63, 3.8) is 0 Å². The van der Waals surface area contributed by atoms with Gasteiger partial charge >= 0.3 is 0 Å². The zero-order valence-electron chi connectivity index (χ0n) is 12.5. The number of likely N-dealkylation sites (tertiary alicyclic amines) is 1. The molecule has 0 amide bonds. The summed E-state index contributed by atoms with van der Waals surface area (Å²) in [6, 6.07) is 8.57. The van der Waals surface area contributed by atoms with Gasteiger partial charge in [0.2, 0.25) is 0 Å². The van der Waals surface area contributed by atoms with Crippen molar-refractivity contribution < 1.29 is 0 Å².